The van der Waals surface area contributed by atoms with Gasteiger partial charge in [-0.2, -0.15) is 9.97 Å². The first-order valence-corrected chi connectivity index (χ1v) is 13.5. The molecule has 2 N–H and O–H groups in total. The molecule has 3 heterocycles. The van der Waals surface area contributed by atoms with Gasteiger partial charge >= 0.3 is 5.97 Å². The smallest absolute Gasteiger partial charge is 0.323 e. The highest BCUT2D eigenvalue weighted by molar-refractivity contribution is 5.89. The lowest BCUT2D eigenvalue weighted by Crippen LogP contribution is -2.47. The number of carbonyl (C=O) groups is 1. The molecule has 0 radical (unpaired) electrons. The highest BCUT2D eigenvalue weighted by Crippen LogP contribution is 2.32. The molecule has 0 amide bonds. The van der Waals surface area contributed by atoms with Gasteiger partial charge in [0.1, 0.15) is 12.3 Å². The Morgan fingerprint density at radius 3 is 2.35 bits per heavy atom. The summed E-state index contributed by atoms with van der Waals surface area (Å²) >= 11 is 0. The SMILES string of the molecule is CC.CCC#Cc1ccccc1N(C)c1nc(N2CCN(c3ccc(O)cc3)CC2)nc2c1ncn2CC(=O)O. The van der Waals surface area contributed by atoms with E-state index in [1.807, 2.05) is 69.1 Å². The third kappa shape index (κ3) is 6.10. The Hall–Kier alpha value is -4.78. The van der Waals surface area contributed by atoms with Crippen molar-refractivity contribution in [2.75, 3.05) is 47.9 Å². The molecule has 0 saturated carbocycles. The largest absolute Gasteiger partial charge is 0.508 e. The van der Waals surface area contributed by atoms with Crippen LogP contribution in [0.15, 0.2) is 54.9 Å². The minimum absolute atomic E-state index is 0.242. The fourth-order valence-electron chi connectivity index (χ4n) is 4.55. The average Bonchev–Trinajstić information content (AvgIpc) is 3.39. The van der Waals surface area contributed by atoms with Crippen molar-refractivity contribution in [3.05, 3.63) is 60.4 Å². The Balaban J connectivity index is 0.00000181. The van der Waals surface area contributed by atoms with Crippen LogP contribution in [-0.2, 0) is 11.3 Å². The Morgan fingerprint density at radius 1 is 1.00 bits per heavy atom. The minimum Gasteiger partial charge on any atom is -0.508 e. The molecule has 0 aliphatic carbocycles. The van der Waals surface area contributed by atoms with E-state index in [0.717, 1.165) is 36.4 Å². The van der Waals surface area contributed by atoms with Gasteiger partial charge in [0, 0.05) is 50.9 Å². The molecule has 0 spiro atoms. The molecule has 1 aliphatic heterocycles. The van der Waals surface area contributed by atoms with Crippen LogP contribution in [0.3, 0.4) is 0 Å². The van der Waals surface area contributed by atoms with Crippen molar-refractivity contribution < 1.29 is 15.0 Å². The standard InChI is InChI=1S/C28H29N7O3.C2H6/c1-3-4-7-20-8-5-6-9-23(20)32(2)26-25-27(35(19-29-25)18-24(37)38)31-28(30-26)34-16-14-33(15-17-34)21-10-12-22(36)13-11-21;1-2/h5-6,8-13,19,36H,3,14-18H2,1-2H3,(H,37,38);1-2H3. The van der Waals surface area contributed by atoms with Crippen molar-refractivity contribution in [2.24, 2.45) is 0 Å². The predicted octanol–water partition coefficient (Wildman–Crippen LogP) is 4.50. The van der Waals surface area contributed by atoms with E-state index in [-0.39, 0.29) is 12.3 Å². The zero-order valence-corrected chi connectivity index (χ0v) is 23.4. The molecule has 2 aromatic carbocycles. The molecular weight excluding hydrogens is 506 g/mol. The number of carboxylic acid groups (broad SMARTS) is 1. The summed E-state index contributed by atoms with van der Waals surface area (Å²) in [5.74, 6) is 6.74. The van der Waals surface area contributed by atoms with E-state index in [4.69, 9.17) is 9.97 Å². The molecule has 1 saturated heterocycles. The summed E-state index contributed by atoms with van der Waals surface area (Å²) in [7, 11) is 1.91. The third-order valence-corrected chi connectivity index (χ3v) is 6.50. The number of nitrogens with zero attached hydrogens (tertiary/aromatic N) is 7. The van der Waals surface area contributed by atoms with Gasteiger partial charge in [-0.05, 0) is 36.4 Å². The topological polar surface area (TPSA) is 111 Å². The molecule has 208 valence electrons. The van der Waals surface area contributed by atoms with Crippen molar-refractivity contribution in [3.8, 4) is 17.6 Å². The van der Waals surface area contributed by atoms with Crippen LogP contribution < -0.4 is 14.7 Å². The zero-order chi connectivity index (χ0) is 28.6. The van der Waals surface area contributed by atoms with Gasteiger partial charge in [0.15, 0.2) is 17.0 Å². The Bertz CT molecular complexity index is 1510. The van der Waals surface area contributed by atoms with Crippen LogP contribution in [-0.4, -0.2) is 68.9 Å². The zero-order valence-electron chi connectivity index (χ0n) is 23.4. The number of aromatic hydroxyl groups is 1. The van der Waals surface area contributed by atoms with Crippen LogP contribution >= 0.6 is 0 Å². The molecule has 0 bridgehead atoms. The van der Waals surface area contributed by atoms with Crippen LogP contribution in [0, 0.1) is 11.8 Å². The predicted molar refractivity (Wildman–Crippen MR) is 159 cm³/mol. The molecular formula is C30H35N7O3. The van der Waals surface area contributed by atoms with Gasteiger partial charge in [-0.15, -0.1) is 0 Å². The number of imidazole rings is 1. The van der Waals surface area contributed by atoms with E-state index >= 15 is 0 Å². The number of piperazine rings is 1. The number of rotatable bonds is 6. The van der Waals surface area contributed by atoms with Crippen LogP contribution in [0.25, 0.3) is 11.2 Å². The highest BCUT2D eigenvalue weighted by atomic mass is 16.4. The maximum absolute atomic E-state index is 11.5. The lowest BCUT2D eigenvalue weighted by molar-refractivity contribution is -0.137. The van der Waals surface area contributed by atoms with Crippen LogP contribution in [0.4, 0.5) is 23.1 Å². The Kier molecular flexibility index (Phi) is 9.07. The van der Waals surface area contributed by atoms with E-state index in [2.05, 4.69) is 26.6 Å². The number of hydrogen-bond acceptors (Lipinski definition) is 8. The van der Waals surface area contributed by atoms with Gasteiger partial charge < -0.3 is 29.5 Å². The average molecular weight is 542 g/mol. The van der Waals surface area contributed by atoms with Crippen LogP contribution in [0.2, 0.25) is 0 Å². The molecule has 0 unspecified atom stereocenters. The quantitative estimate of drug-likeness (QED) is 0.341. The van der Waals surface area contributed by atoms with Crippen molar-refractivity contribution in [2.45, 2.75) is 33.7 Å². The van der Waals surface area contributed by atoms with Crippen molar-refractivity contribution >= 4 is 40.3 Å². The molecule has 5 rings (SSSR count). The van der Waals surface area contributed by atoms with E-state index in [1.54, 1.807) is 12.1 Å². The summed E-state index contributed by atoms with van der Waals surface area (Å²) in [6, 6.07) is 15.0. The number of aliphatic carboxylic acids is 1. The van der Waals surface area contributed by atoms with Crippen molar-refractivity contribution in [1.82, 2.24) is 19.5 Å². The second kappa shape index (κ2) is 12.8. The summed E-state index contributed by atoms with van der Waals surface area (Å²) in [6.07, 6.45) is 2.25. The number of carboxylic acids is 1. The molecule has 0 atom stereocenters. The number of para-hydroxylation sites is 1. The van der Waals surface area contributed by atoms with Gasteiger partial charge in [-0.1, -0.05) is 44.7 Å². The maximum atomic E-state index is 11.5. The van der Waals surface area contributed by atoms with E-state index in [0.29, 0.717) is 36.0 Å². The minimum atomic E-state index is -0.970. The molecule has 2 aromatic heterocycles. The summed E-state index contributed by atoms with van der Waals surface area (Å²) in [5.41, 5.74) is 3.79. The second-order valence-corrected chi connectivity index (χ2v) is 9.01. The van der Waals surface area contributed by atoms with Crippen molar-refractivity contribution in [3.63, 3.8) is 0 Å². The van der Waals surface area contributed by atoms with Crippen molar-refractivity contribution in [1.29, 1.82) is 0 Å². The first-order valence-electron chi connectivity index (χ1n) is 13.5. The monoisotopic (exact) mass is 541 g/mol. The number of phenols is 1. The third-order valence-electron chi connectivity index (χ3n) is 6.50. The van der Waals surface area contributed by atoms with Gasteiger partial charge in [0.05, 0.1) is 12.0 Å². The fourth-order valence-corrected chi connectivity index (χ4v) is 4.55. The summed E-state index contributed by atoms with van der Waals surface area (Å²) in [6.45, 7) is 8.63. The number of phenolic OH excluding ortho intramolecular Hbond substituents is 1. The lowest BCUT2D eigenvalue weighted by Gasteiger charge is -2.36. The number of anilines is 4. The number of hydrogen-bond donors (Lipinski definition) is 2. The summed E-state index contributed by atoms with van der Waals surface area (Å²) in [4.78, 5) is 32.0. The van der Waals surface area contributed by atoms with Gasteiger partial charge in [0.2, 0.25) is 5.95 Å². The highest BCUT2D eigenvalue weighted by Gasteiger charge is 2.24. The molecule has 10 heteroatoms. The maximum Gasteiger partial charge on any atom is 0.323 e. The first kappa shape index (κ1) is 28.2. The number of aromatic nitrogens is 4. The van der Waals surface area contributed by atoms with Crippen LogP contribution in [0.5, 0.6) is 5.75 Å². The first-order chi connectivity index (χ1) is 19.4. The second-order valence-electron chi connectivity index (χ2n) is 9.01. The number of fused-ring (bicyclic) bond motifs is 1. The molecule has 10 nitrogen and oxygen atoms in total. The lowest BCUT2D eigenvalue weighted by atomic mass is 10.1. The van der Waals surface area contributed by atoms with E-state index < -0.39 is 5.97 Å². The molecule has 40 heavy (non-hydrogen) atoms. The molecule has 4 aromatic rings. The van der Waals surface area contributed by atoms with E-state index in [9.17, 15) is 15.0 Å². The summed E-state index contributed by atoms with van der Waals surface area (Å²) in [5, 5.41) is 19.0. The fraction of sp³-hybridized carbons (Fsp3) is 0.333. The van der Waals surface area contributed by atoms with Crippen LogP contribution in [0.1, 0.15) is 32.8 Å². The number of benzene rings is 2. The summed E-state index contributed by atoms with van der Waals surface area (Å²) < 4.78 is 1.54. The van der Waals surface area contributed by atoms with Gasteiger partial charge in [-0.3, -0.25) is 4.79 Å². The normalized spacial score (nSPS) is 12.8. The van der Waals surface area contributed by atoms with E-state index in [1.165, 1.54) is 10.9 Å². The Morgan fingerprint density at radius 2 is 1.68 bits per heavy atom. The Labute approximate surface area is 234 Å². The molecule has 1 fully saturated rings. The molecule has 1 aliphatic rings. The van der Waals surface area contributed by atoms with Gasteiger partial charge in [0.25, 0.3) is 0 Å². The van der Waals surface area contributed by atoms with Gasteiger partial charge in [-0.25, -0.2) is 4.98 Å².